The highest BCUT2D eigenvalue weighted by atomic mass is 32.2. The second kappa shape index (κ2) is 4.93. The van der Waals surface area contributed by atoms with Crippen molar-refractivity contribution in [3.8, 4) is 0 Å². The third kappa shape index (κ3) is 2.89. The van der Waals surface area contributed by atoms with Crippen LogP contribution in [-0.2, 0) is 5.75 Å². The van der Waals surface area contributed by atoms with Gasteiger partial charge in [0.25, 0.3) is 0 Å². The first-order valence-electron chi connectivity index (χ1n) is 4.94. The molecule has 0 aliphatic heterocycles. The fraction of sp³-hybridized carbons (Fsp3) is 0.273. The summed E-state index contributed by atoms with van der Waals surface area (Å²) in [5, 5.41) is 10.8. The van der Waals surface area contributed by atoms with Crippen molar-refractivity contribution in [2.45, 2.75) is 23.9 Å². The number of nitrogens with zero attached hydrogens (tertiary/aromatic N) is 1. The third-order valence-electron chi connectivity index (χ3n) is 2.10. The summed E-state index contributed by atoms with van der Waals surface area (Å²) < 4.78 is 6.23. The monoisotopic (exact) mass is 269 g/mol. The van der Waals surface area contributed by atoms with Crippen molar-refractivity contribution in [3.63, 3.8) is 0 Å². The highest BCUT2D eigenvalue weighted by Gasteiger charge is 2.14. The number of furan rings is 1. The summed E-state index contributed by atoms with van der Waals surface area (Å²) in [4.78, 5) is 15.1. The molecule has 2 rings (SSSR count). The fourth-order valence-corrected chi connectivity index (χ4v) is 3.09. The van der Waals surface area contributed by atoms with Gasteiger partial charge in [-0.1, -0.05) is 11.8 Å². The third-order valence-corrected chi connectivity index (χ3v) is 4.26. The Morgan fingerprint density at radius 2 is 2.35 bits per heavy atom. The number of aromatic carboxylic acids is 1. The summed E-state index contributed by atoms with van der Waals surface area (Å²) in [6.45, 7) is 3.68. The average Bonchev–Trinajstić information content (AvgIpc) is 2.82. The van der Waals surface area contributed by atoms with Crippen LogP contribution in [-0.4, -0.2) is 16.1 Å². The predicted octanol–water partition coefficient (Wildman–Crippen LogP) is 3.34. The number of hydrogen-bond donors (Lipinski definition) is 1. The van der Waals surface area contributed by atoms with Gasteiger partial charge in [-0.15, -0.1) is 11.3 Å². The quantitative estimate of drug-likeness (QED) is 0.862. The maximum Gasteiger partial charge on any atom is 0.372 e. The SMILES string of the molecule is Cc1csc(SCc2cc(C)c(C(=O)O)o2)n1. The molecule has 2 aromatic rings. The molecule has 0 aliphatic carbocycles. The first kappa shape index (κ1) is 12.2. The average molecular weight is 269 g/mol. The van der Waals surface area contributed by atoms with Gasteiger partial charge in [-0.2, -0.15) is 0 Å². The topological polar surface area (TPSA) is 63.3 Å². The lowest BCUT2D eigenvalue weighted by Gasteiger charge is -1.93. The summed E-state index contributed by atoms with van der Waals surface area (Å²) in [6, 6.07) is 1.76. The number of carboxylic acid groups (broad SMARTS) is 1. The molecule has 0 radical (unpaired) electrons. The van der Waals surface area contributed by atoms with Gasteiger partial charge in [-0.3, -0.25) is 0 Å². The van der Waals surface area contributed by atoms with Crippen LogP contribution in [0.5, 0.6) is 0 Å². The molecule has 17 heavy (non-hydrogen) atoms. The first-order chi connectivity index (χ1) is 8.06. The Kier molecular flexibility index (Phi) is 3.54. The number of carbonyl (C=O) groups is 1. The highest BCUT2D eigenvalue weighted by Crippen LogP contribution is 2.27. The van der Waals surface area contributed by atoms with E-state index in [2.05, 4.69) is 4.98 Å². The molecule has 2 heterocycles. The minimum Gasteiger partial charge on any atom is -0.475 e. The van der Waals surface area contributed by atoms with Gasteiger partial charge < -0.3 is 9.52 Å². The Bertz CT molecular complexity index is 545. The zero-order valence-corrected chi connectivity index (χ0v) is 11.0. The van der Waals surface area contributed by atoms with E-state index < -0.39 is 5.97 Å². The lowest BCUT2D eigenvalue weighted by atomic mass is 10.3. The lowest BCUT2D eigenvalue weighted by Crippen LogP contribution is -1.94. The summed E-state index contributed by atoms with van der Waals surface area (Å²) in [5.74, 6) is 0.263. The Labute approximate surface area is 107 Å². The van der Waals surface area contributed by atoms with Crippen LogP contribution >= 0.6 is 23.1 Å². The van der Waals surface area contributed by atoms with Gasteiger partial charge in [-0.05, 0) is 19.9 Å². The summed E-state index contributed by atoms with van der Waals surface area (Å²) in [5.41, 5.74) is 1.66. The van der Waals surface area contributed by atoms with Crippen LogP contribution in [0.3, 0.4) is 0 Å². The van der Waals surface area contributed by atoms with Crippen molar-refractivity contribution in [1.82, 2.24) is 4.98 Å². The van der Waals surface area contributed by atoms with E-state index in [1.807, 2.05) is 12.3 Å². The molecular weight excluding hydrogens is 258 g/mol. The van der Waals surface area contributed by atoms with E-state index in [4.69, 9.17) is 9.52 Å². The van der Waals surface area contributed by atoms with Crippen molar-refractivity contribution in [1.29, 1.82) is 0 Å². The molecule has 0 fully saturated rings. The molecule has 1 N–H and O–H groups in total. The maximum atomic E-state index is 10.8. The standard InChI is InChI=1S/C11H11NO3S2/c1-6-3-8(15-9(6)10(13)14)5-17-11-12-7(2)4-16-11/h3-4H,5H2,1-2H3,(H,13,14). The predicted molar refractivity (Wildman–Crippen MR) is 66.8 cm³/mol. The fourth-order valence-electron chi connectivity index (χ4n) is 1.36. The molecule has 0 amide bonds. The number of hydrogen-bond acceptors (Lipinski definition) is 5. The molecule has 6 heteroatoms. The smallest absolute Gasteiger partial charge is 0.372 e. The molecule has 0 aliphatic rings. The van der Waals surface area contributed by atoms with E-state index in [-0.39, 0.29) is 5.76 Å². The number of carboxylic acids is 1. The highest BCUT2D eigenvalue weighted by molar-refractivity contribution is 8.00. The van der Waals surface area contributed by atoms with Crippen molar-refractivity contribution >= 4 is 29.1 Å². The van der Waals surface area contributed by atoms with Crippen molar-refractivity contribution in [2.75, 3.05) is 0 Å². The van der Waals surface area contributed by atoms with Crippen LogP contribution < -0.4 is 0 Å². The summed E-state index contributed by atoms with van der Waals surface area (Å²) in [7, 11) is 0. The lowest BCUT2D eigenvalue weighted by molar-refractivity contribution is 0.0659. The van der Waals surface area contributed by atoms with E-state index in [1.54, 1.807) is 36.1 Å². The zero-order chi connectivity index (χ0) is 12.4. The van der Waals surface area contributed by atoms with E-state index in [0.717, 1.165) is 10.0 Å². The minimum absolute atomic E-state index is 0.0240. The number of thiazole rings is 1. The Morgan fingerprint density at radius 1 is 1.59 bits per heavy atom. The van der Waals surface area contributed by atoms with Crippen molar-refractivity contribution in [2.24, 2.45) is 0 Å². The van der Waals surface area contributed by atoms with E-state index in [9.17, 15) is 4.79 Å². The summed E-state index contributed by atoms with van der Waals surface area (Å²) in [6.07, 6.45) is 0. The minimum atomic E-state index is -1.02. The second-order valence-electron chi connectivity index (χ2n) is 3.57. The molecular formula is C11H11NO3S2. The van der Waals surface area contributed by atoms with Gasteiger partial charge >= 0.3 is 5.97 Å². The Balaban J connectivity index is 2.04. The molecule has 2 aromatic heterocycles. The van der Waals surface area contributed by atoms with Crippen LogP contribution in [0.15, 0.2) is 20.2 Å². The molecule has 90 valence electrons. The van der Waals surface area contributed by atoms with Gasteiger partial charge in [0, 0.05) is 16.6 Å². The van der Waals surface area contributed by atoms with Crippen LogP contribution in [0, 0.1) is 13.8 Å². The first-order valence-corrected chi connectivity index (χ1v) is 6.80. The van der Waals surface area contributed by atoms with Crippen molar-refractivity contribution in [3.05, 3.63) is 34.2 Å². The van der Waals surface area contributed by atoms with Crippen LogP contribution in [0.25, 0.3) is 0 Å². The summed E-state index contributed by atoms with van der Waals surface area (Å²) >= 11 is 3.13. The second-order valence-corrected chi connectivity index (χ2v) is 5.65. The van der Waals surface area contributed by atoms with Gasteiger partial charge in [0.2, 0.25) is 5.76 Å². The molecule has 0 unspecified atom stereocenters. The zero-order valence-electron chi connectivity index (χ0n) is 9.39. The number of rotatable bonds is 4. The van der Waals surface area contributed by atoms with Crippen molar-refractivity contribution < 1.29 is 14.3 Å². The molecule has 0 saturated carbocycles. The number of thioether (sulfide) groups is 1. The molecule has 0 bridgehead atoms. The van der Waals surface area contributed by atoms with E-state index in [0.29, 0.717) is 17.1 Å². The number of aryl methyl sites for hydroxylation is 2. The molecule has 0 saturated heterocycles. The normalized spacial score (nSPS) is 10.7. The van der Waals surface area contributed by atoms with Gasteiger partial charge in [0.05, 0.1) is 5.75 Å². The molecule has 0 atom stereocenters. The Morgan fingerprint density at radius 3 is 2.88 bits per heavy atom. The molecule has 4 nitrogen and oxygen atoms in total. The van der Waals surface area contributed by atoms with Crippen LogP contribution in [0.4, 0.5) is 0 Å². The maximum absolute atomic E-state index is 10.8. The van der Waals surface area contributed by atoms with Crippen LogP contribution in [0.1, 0.15) is 27.6 Å². The molecule has 0 spiro atoms. The van der Waals surface area contributed by atoms with E-state index in [1.165, 1.54) is 0 Å². The Hall–Kier alpha value is -1.27. The van der Waals surface area contributed by atoms with Gasteiger partial charge in [0.15, 0.2) is 4.34 Å². The number of aromatic nitrogens is 1. The van der Waals surface area contributed by atoms with Crippen LogP contribution in [0.2, 0.25) is 0 Å². The largest absolute Gasteiger partial charge is 0.475 e. The van der Waals surface area contributed by atoms with Gasteiger partial charge in [0.1, 0.15) is 5.76 Å². The van der Waals surface area contributed by atoms with Gasteiger partial charge in [-0.25, -0.2) is 9.78 Å². The van der Waals surface area contributed by atoms with E-state index >= 15 is 0 Å². The molecule has 0 aromatic carbocycles.